The number of anilines is 3. The molecule has 0 spiro atoms. The van der Waals surface area contributed by atoms with Gasteiger partial charge in [0.25, 0.3) is 11.8 Å². The number of phenols is 1. The van der Waals surface area contributed by atoms with E-state index in [1.54, 1.807) is 67.6 Å². The highest BCUT2D eigenvalue weighted by molar-refractivity contribution is 6.23. The lowest BCUT2D eigenvalue weighted by atomic mass is 9.49. The molecule has 1 saturated carbocycles. The Morgan fingerprint density at radius 3 is 2.09 bits per heavy atom. The zero-order valence-corrected chi connectivity index (χ0v) is 31.4. The van der Waals surface area contributed by atoms with Gasteiger partial charge in [0.05, 0.1) is 44.4 Å². The molecule has 4 amide bonds. The molecule has 6 atom stereocenters. The number of carbonyl (C=O) groups is 4. The minimum absolute atomic E-state index is 0.0314. The second-order valence-corrected chi connectivity index (χ2v) is 15.4. The maximum Gasteiger partial charge on any atom is 0.301 e. The number of benzene rings is 4. The van der Waals surface area contributed by atoms with Gasteiger partial charge in [-0.05, 0) is 55.9 Å². The Balaban J connectivity index is 1.31. The van der Waals surface area contributed by atoms with E-state index in [1.165, 1.54) is 19.0 Å². The molecule has 15 heteroatoms. The summed E-state index contributed by atoms with van der Waals surface area (Å²) in [4.78, 5) is 84.2. The summed E-state index contributed by atoms with van der Waals surface area (Å²) in [5, 5.41) is 37.3. The number of para-hydroxylation sites is 1. The Morgan fingerprint density at radius 1 is 0.825 bits per heavy atom. The number of hydrogen-bond donors (Lipinski definition) is 2. The van der Waals surface area contributed by atoms with Crippen LogP contribution in [0.5, 0.6) is 5.75 Å². The van der Waals surface area contributed by atoms with E-state index in [0.29, 0.717) is 28.0 Å². The number of nitro benzene ring substituents is 2. The van der Waals surface area contributed by atoms with Crippen LogP contribution in [0.15, 0.2) is 96.6 Å². The van der Waals surface area contributed by atoms with E-state index in [1.807, 2.05) is 25.1 Å². The van der Waals surface area contributed by atoms with Crippen LogP contribution in [-0.2, 0) is 24.6 Å². The number of fused-ring (bicyclic) bond motifs is 4. The summed E-state index contributed by atoms with van der Waals surface area (Å²) >= 11 is 0. The van der Waals surface area contributed by atoms with Crippen molar-refractivity contribution >= 4 is 52.1 Å². The van der Waals surface area contributed by atoms with Crippen LogP contribution >= 0.6 is 0 Å². The number of nitro groups is 2. The van der Waals surface area contributed by atoms with E-state index in [0.717, 1.165) is 27.6 Å². The number of amides is 4. The monoisotopic (exact) mass is 770 g/mol. The summed E-state index contributed by atoms with van der Waals surface area (Å²) in [6.07, 6.45) is 1.82. The van der Waals surface area contributed by atoms with Crippen LogP contribution in [0.4, 0.5) is 28.4 Å². The Hall–Kier alpha value is -6.90. The number of allylic oxidation sites excluding steroid dienone is 2. The van der Waals surface area contributed by atoms with Crippen molar-refractivity contribution in [3.8, 4) is 5.75 Å². The lowest BCUT2D eigenvalue weighted by molar-refractivity contribution is -0.392. The molecule has 0 bridgehead atoms. The third-order valence-corrected chi connectivity index (χ3v) is 12.1. The molecule has 15 nitrogen and oxygen atoms in total. The average Bonchev–Trinajstić information content (AvgIpc) is 3.57. The van der Waals surface area contributed by atoms with Crippen molar-refractivity contribution in [1.29, 1.82) is 0 Å². The second kappa shape index (κ2) is 13.4. The first-order chi connectivity index (χ1) is 27.2. The molecule has 3 fully saturated rings. The van der Waals surface area contributed by atoms with Crippen LogP contribution in [0.25, 0.3) is 0 Å². The fourth-order valence-electron chi connectivity index (χ4n) is 9.72. The molecule has 4 aromatic carbocycles. The van der Waals surface area contributed by atoms with Crippen LogP contribution in [-0.4, -0.2) is 57.7 Å². The Morgan fingerprint density at radius 2 is 1.47 bits per heavy atom. The number of aromatic hydroxyl groups is 1. The van der Waals surface area contributed by atoms with E-state index < -0.39 is 79.9 Å². The van der Waals surface area contributed by atoms with Crippen LogP contribution < -0.4 is 15.2 Å². The van der Waals surface area contributed by atoms with Crippen LogP contribution in [0.1, 0.15) is 41.0 Å². The maximum absolute atomic E-state index is 15.3. The molecule has 2 saturated heterocycles. The minimum atomic E-state index is -1.61. The first kappa shape index (κ1) is 37.0. The summed E-state index contributed by atoms with van der Waals surface area (Å²) in [6, 6.07) is 23.3. The molecule has 57 heavy (non-hydrogen) atoms. The zero-order valence-electron chi connectivity index (χ0n) is 31.4. The molecule has 0 radical (unpaired) electrons. The normalized spacial score (nSPS) is 25.1. The van der Waals surface area contributed by atoms with Gasteiger partial charge in [-0.25, -0.2) is 4.90 Å². The predicted octanol–water partition coefficient (Wildman–Crippen LogP) is 6.08. The lowest BCUT2D eigenvalue weighted by Crippen LogP contribution is -2.53. The molecule has 8 rings (SSSR count). The van der Waals surface area contributed by atoms with Gasteiger partial charge in [0.2, 0.25) is 11.8 Å². The van der Waals surface area contributed by atoms with Gasteiger partial charge in [-0.2, -0.15) is 5.01 Å². The van der Waals surface area contributed by atoms with Crippen molar-refractivity contribution < 1.29 is 34.1 Å². The molecule has 4 aliphatic rings. The zero-order chi connectivity index (χ0) is 40.7. The molecule has 290 valence electrons. The number of nitrogens with one attached hydrogen (secondary N) is 1. The SMILES string of the molecule is Cc1ccc(NN2C(=O)[C@@H]3C[C@@H]4C(=CC[C@@H]5C(=O)N(c6cc([N+](=O)[O-])c(N(C)C)c([N+](=O)[O-])c6)C(=O)[C@@H]54)[C@H](c4cccc(C)c4O)[C@]3(c3ccccc3)C2=O)cc1. The Labute approximate surface area is 326 Å². The van der Waals surface area contributed by atoms with Gasteiger partial charge in [-0.1, -0.05) is 77.9 Å². The van der Waals surface area contributed by atoms with Crippen LogP contribution in [0, 0.1) is 57.7 Å². The Bertz CT molecular complexity index is 2410. The largest absolute Gasteiger partial charge is 0.507 e. The van der Waals surface area contributed by atoms with E-state index in [2.05, 4.69) is 5.43 Å². The molecule has 2 heterocycles. The number of phenolic OH excluding ortho intramolecular Hbond substituents is 1. The predicted molar refractivity (Wildman–Crippen MR) is 208 cm³/mol. The van der Waals surface area contributed by atoms with Crippen molar-refractivity contribution in [3.63, 3.8) is 0 Å². The topological polar surface area (TPSA) is 197 Å². The summed E-state index contributed by atoms with van der Waals surface area (Å²) in [5.41, 5.74) is 2.99. The van der Waals surface area contributed by atoms with Gasteiger partial charge in [0, 0.05) is 37.7 Å². The van der Waals surface area contributed by atoms with Gasteiger partial charge in [0.1, 0.15) is 5.75 Å². The van der Waals surface area contributed by atoms with Crippen molar-refractivity contribution in [1.82, 2.24) is 5.01 Å². The van der Waals surface area contributed by atoms with E-state index in [4.69, 9.17) is 0 Å². The molecular weight excluding hydrogens is 732 g/mol. The van der Waals surface area contributed by atoms with Crippen molar-refractivity contribution in [3.05, 3.63) is 139 Å². The lowest BCUT2D eigenvalue weighted by Gasteiger charge is -2.50. The van der Waals surface area contributed by atoms with E-state index in [-0.39, 0.29) is 30.0 Å². The Kier molecular flexibility index (Phi) is 8.70. The van der Waals surface area contributed by atoms with E-state index in [9.17, 15) is 39.7 Å². The van der Waals surface area contributed by atoms with Crippen molar-refractivity contribution in [2.75, 3.05) is 29.3 Å². The third kappa shape index (κ3) is 5.39. The fourth-order valence-corrected chi connectivity index (χ4v) is 9.72. The highest BCUT2D eigenvalue weighted by atomic mass is 16.6. The second-order valence-electron chi connectivity index (χ2n) is 15.4. The molecule has 2 aliphatic carbocycles. The van der Waals surface area contributed by atoms with Gasteiger partial charge >= 0.3 is 11.4 Å². The average molecular weight is 771 g/mol. The molecule has 0 unspecified atom stereocenters. The molecule has 0 aromatic heterocycles. The summed E-state index contributed by atoms with van der Waals surface area (Å²) in [6.45, 7) is 3.63. The van der Waals surface area contributed by atoms with Crippen molar-refractivity contribution in [2.24, 2.45) is 23.7 Å². The van der Waals surface area contributed by atoms with Gasteiger partial charge in [-0.3, -0.25) is 44.8 Å². The van der Waals surface area contributed by atoms with Crippen LogP contribution in [0.2, 0.25) is 0 Å². The number of nitrogens with zero attached hydrogens (tertiary/aromatic N) is 5. The maximum atomic E-state index is 15.3. The number of hydrazine groups is 1. The first-order valence-corrected chi connectivity index (χ1v) is 18.5. The highest BCUT2D eigenvalue weighted by Crippen LogP contribution is 2.65. The third-order valence-electron chi connectivity index (χ3n) is 12.1. The summed E-state index contributed by atoms with van der Waals surface area (Å²) in [7, 11) is 2.83. The number of aryl methyl sites for hydroxylation is 2. The molecule has 4 aromatic rings. The number of carbonyl (C=O) groups excluding carboxylic acids is 4. The van der Waals surface area contributed by atoms with Gasteiger partial charge < -0.3 is 10.0 Å². The van der Waals surface area contributed by atoms with Gasteiger partial charge in [-0.15, -0.1) is 0 Å². The smallest absolute Gasteiger partial charge is 0.301 e. The first-order valence-electron chi connectivity index (χ1n) is 18.5. The van der Waals surface area contributed by atoms with Crippen LogP contribution in [0.3, 0.4) is 0 Å². The standard InChI is InChI=1S/C42H38N6O9/c1-22-13-15-25(16-14-22)43-46-39(51)31-21-30-27(35(29-12-8-9-23(2)37(29)49)42(31,41(46)53)24-10-6-5-7-11-24)17-18-28-34(30)40(52)45(38(28)50)26-19-32(47(54)55)36(44(3)4)33(20-26)48(56)57/h5-17,19-20,28,30-31,34-35,43,49H,18,21H2,1-4H3/t28-,30+,31-,34-,35+,42+/m0/s1. The summed E-state index contributed by atoms with van der Waals surface area (Å²) < 4.78 is 0. The highest BCUT2D eigenvalue weighted by Gasteiger charge is 2.70. The molecule has 2 aliphatic heterocycles. The number of hydrogen-bond acceptors (Lipinski definition) is 11. The quantitative estimate of drug-likeness (QED) is 0.0912. The minimum Gasteiger partial charge on any atom is -0.507 e. The summed E-state index contributed by atoms with van der Waals surface area (Å²) in [5.74, 6) is -7.54. The van der Waals surface area contributed by atoms with Gasteiger partial charge in [0.15, 0.2) is 5.69 Å². The molecular formula is C42H38N6O9. The fraction of sp³-hybridized carbons (Fsp3) is 0.286. The van der Waals surface area contributed by atoms with E-state index >= 15 is 4.79 Å². The van der Waals surface area contributed by atoms with Crippen molar-refractivity contribution in [2.45, 2.75) is 38.0 Å². The number of rotatable bonds is 8. The molecule has 2 N–H and O–H groups in total. The number of imide groups is 2.